The fourth-order valence-electron chi connectivity index (χ4n) is 2.59. The zero-order valence-corrected chi connectivity index (χ0v) is 14.9. The predicted octanol–water partition coefficient (Wildman–Crippen LogP) is 2.49. The Hall–Kier alpha value is -2.80. The molecule has 2 aromatic rings. The summed E-state index contributed by atoms with van der Waals surface area (Å²) in [5, 5.41) is 3.07. The first-order valence-electron chi connectivity index (χ1n) is 8.25. The van der Waals surface area contributed by atoms with Gasteiger partial charge in [-0.1, -0.05) is 29.8 Å². The summed E-state index contributed by atoms with van der Waals surface area (Å²) in [4.78, 5) is 31.8. The van der Waals surface area contributed by atoms with Gasteiger partial charge in [0.2, 0.25) is 0 Å². The quantitative estimate of drug-likeness (QED) is 0.834. The van der Waals surface area contributed by atoms with E-state index in [-0.39, 0.29) is 23.7 Å². The number of benzene rings is 1. The normalized spacial score (nSPS) is 14.0. The molecule has 2 heterocycles. The molecule has 1 fully saturated rings. The lowest BCUT2D eigenvalue weighted by atomic mass is 10.3. The van der Waals surface area contributed by atoms with E-state index in [2.05, 4.69) is 10.3 Å². The molecule has 0 atom stereocenters. The molecule has 0 aliphatic carbocycles. The Bertz CT molecular complexity index is 764. The number of anilines is 1. The lowest BCUT2D eigenvalue weighted by molar-refractivity contribution is -0.134. The van der Waals surface area contributed by atoms with Crippen LogP contribution in [-0.2, 0) is 4.79 Å². The number of urea groups is 1. The van der Waals surface area contributed by atoms with E-state index in [0.717, 1.165) is 5.69 Å². The Morgan fingerprint density at radius 1 is 1.04 bits per heavy atom. The summed E-state index contributed by atoms with van der Waals surface area (Å²) in [6.45, 7) is 1.76. The number of piperazine rings is 1. The number of pyridine rings is 1. The monoisotopic (exact) mass is 374 g/mol. The van der Waals surface area contributed by atoms with Gasteiger partial charge in [-0.05, 0) is 24.3 Å². The maximum absolute atomic E-state index is 12.3. The molecular weight excluding hydrogens is 356 g/mol. The third-order valence-electron chi connectivity index (χ3n) is 4.02. The van der Waals surface area contributed by atoms with Crippen molar-refractivity contribution in [1.29, 1.82) is 0 Å². The van der Waals surface area contributed by atoms with Crippen LogP contribution in [0.3, 0.4) is 0 Å². The number of nitrogens with zero attached hydrogens (tertiary/aromatic N) is 3. The molecular formula is C18H19ClN4O3. The topological polar surface area (TPSA) is 74.8 Å². The Balaban J connectivity index is 1.45. The lowest BCUT2D eigenvalue weighted by Gasteiger charge is -2.34. The van der Waals surface area contributed by atoms with Crippen LogP contribution in [0.5, 0.6) is 5.75 Å². The van der Waals surface area contributed by atoms with Crippen LogP contribution in [-0.4, -0.2) is 59.5 Å². The number of ether oxygens (including phenoxy) is 1. The van der Waals surface area contributed by atoms with Crippen molar-refractivity contribution in [3.63, 3.8) is 0 Å². The number of amides is 3. The number of aromatic nitrogens is 1. The van der Waals surface area contributed by atoms with Gasteiger partial charge in [0.05, 0.1) is 0 Å². The van der Waals surface area contributed by atoms with Crippen molar-refractivity contribution in [2.75, 3.05) is 38.1 Å². The first-order valence-corrected chi connectivity index (χ1v) is 8.63. The highest BCUT2D eigenvalue weighted by atomic mass is 35.5. The van der Waals surface area contributed by atoms with Gasteiger partial charge in [-0.25, -0.2) is 9.78 Å². The van der Waals surface area contributed by atoms with Gasteiger partial charge in [-0.2, -0.15) is 0 Å². The molecule has 0 unspecified atom stereocenters. The smallest absolute Gasteiger partial charge is 0.321 e. The summed E-state index contributed by atoms with van der Waals surface area (Å²) in [6.07, 6.45) is 1.55. The Morgan fingerprint density at radius 2 is 1.73 bits per heavy atom. The van der Waals surface area contributed by atoms with E-state index in [1.165, 1.54) is 0 Å². The van der Waals surface area contributed by atoms with Crippen LogP contribution in [0.2, 0.25) is 5.15 Å². The van der Waals surface area contributed by atoms with Gasteiger partial charge in [-0.15, -0.1) is 0 Å². The highest BCUT2D eigenvalue weighted by Crippen LogP contribution is 2.20. The molecule has 1 saturated heterocycles. The first-order chi connectivity index (χ1) is 12.6. The third-order valence-corrected chi connectivity index (χ3v) is 4.30. The van der Waals surface area contributed by atoms with Crippen molar-refractivity contribution in [3.8, 4) is 5.75 Å². The SMILES string of the molecule is O=C(COc1cccnc1Cl)N1CCN(C(=O)Nc2ccccc2)CC1. The molecule has 7 nitrogen and oxygen atoms in total. The van der Waals surface area contributed by atoms with Gasteiger partial charge in [0.15, 0.2) is 17.5 Å². The van der Waals surface area contributed by atoms with Crippen molar-refractivity contribution in [3.05, 3.63) is 53.8 Å². The first kappa shape index (κ1) is 18.0. The molecule has 0 spiro atoms. The molecule has 0 bridgehead atoms. The molecule has 3 rings (SSSR count). The van der Waals surface area contributed by atoms with Crippen LogP contribution in [0.4, 0.5) is 10.5 Å². The van der Waals surface area contributed by atoms with E-state index >= 15 is 0 Å². The summed E-state index contributed by atoms with van der Waals surface area (Å²) >= 11 is 5.90. The van der Waals surface area contributed by atoms with Crippen molar-refractivity contribution in [2.24, 2.45) is 0 Å². The van der Waals surface area contributed by atoms with Crippen LogP contribution < -0.4 is 10.1 Å². The highest BCUT2D eigenvalue weighted by molar-refractivity contribution is 6.30. The molecule has 1 aromatic carbocycles. The van der Waals surface area contributed by atoms with Crippen molar-refractivity contribution < 1.29 is 14.3 Å². The van der Waals surface area contributed by atoms with Crippen molar-refractivity contribution >= 4 is 29.2 Å². The summed E-state index contributed by atoms with van der Waals surface area (Å²) in [5.41, 5.74) is 0.748. The molecule has 1 aliphatic rings. The second kappa shape index (κ2) is 8.53. The maximum atomic E-state index is 12.3. The Kier molecular flexibility index (Phi) is 5.91. The third kappa shape index (κ3) is 4.64. The predicted molar refractivity (Wildman–Crippen MR) is 98.4 cm³/mol. The minimum absolute atomic E-state index is 0.109. The number of rotatable bonds is 4. The number of halogens is 1. The molecule has 1 N–H and O–H groups in total. The molecule has 1 aromatic heterocycles. The standard InChI is InChI=1S/C18H19ClN4O3/c19-17-15(7-4-8-20-17)26-13-16(24)22-9-11-23(12-10-22)18(25)21-14-5-2-1-3-6-14/h1-8H,9-13H2,(H,21,25). The molecule has 1 aliphatic heterocycles. The molecule has 3 amide bonds. The van der Waals surface area contributed by atoms with E-state index in [0.29, 0.717) is 31.9 Å². The lowest BCUT2D eigenvalue weighted by Crippen LogP contribution is -2.52. The number of hydrogen-bond donors (Lipinski definition) is 1. The summed E-state index contributed by atoms with van der Waals surface area (Å²) in [7, 11) is 0. The van der Waals surface area contributed by atoms with Gasteiger partial charge in [-0.3, -0.25) is 4.79 Å². The van der Waals surface area contributed by atoms with Crippen molar-refractivity contribution in [2.45, 2.75) is 0 Å². The summed E-state index contributed by atoms with van der Waals surface area (Å²) in [5.74, 6) is 0.233. The zero-order chi connectivity index (χ0) is 18.4. The fourth-order valence-corrected chi connectivity index (χ4v) is 2.77. The van der Waals surface area contributed by atoms with Crippen LogP contribution in [0.25, 0.3) is 0 Å². The van der Waals surface area contributed by atoms with E-state index in [1.807, 2.05) is 30.3 Å². The molecule has 0 saturated carbocycles. The number of carbonyl (C=O) groups excluding carboxylic acids is 2. The second-order valence-electron chi connectivity index (χ2n) is 5.75. The van der Waals surface area contributed by atoms with Crippen LogP contribution in [0.15, 0.2) is 48.7 Å². The van der Waals surface area contributed by atoms with E-state index < -0.39 is 0 Å². The van der Waals surface area contributed by atoms with Gasteiger partial charge in [0.1, 0.15) is 0 Å². The van der Waals surface area contributed by atoms with Crippen molar-refractivity contribution in [1.82, 2.24) is 14.8 Å². The molecule has 8 heteroatoms. The molecule has 0 radical (unpaired) electrons. The summed E-state index contributed by atoms with van der Waals surface area (Å²) < 4.78 is 5.43. The summed E-state index contributed by atoms with van der Waals surface area (Å²) in [6, 6.07) is 12.5. The number of nitrogens with one attached hydrogen (secondary N) is 1. The zero-order valence-electron chi connectivity index (χ0n) is 14.1. The van der Waals surface area contributed by atoms with Crippen LogP contribution in [0, 0.1) is 0 Å². The van der Waals surface area contributed by atoms with Crippen LogP contribution in [0.1, 0.15) is 0 Å². The van der Waals surface area contributed by atoms with Gasteiger partial charge >= 0.3 is 6.03 Å². The second-order valence-corrected chi connectivity index (χ2v) is 6.10. The van der Waals surface area contributed by atoms with E-state index in [1.54, 1.807) is 28.1 Å². The molecule has 26 heavy (non-hydrogen) atoms. The van der Waals surface area contributed by atoms with Gasteiger partial charge in [0.25, 0.3) is 5.91 Å². The van der Waals surface area contributed by atoms with Crippen LogP contribution >= 0.6 is 11.6 Å². The number of para-hydroxylation sites is 1. The fraction of sp³-hybridized carbons (Fsp3) is 0.278. The van der Waals surface area contributed by atoms with E-state index in [4.69, 9.17) is 16.3 Å². The number of carbonyl (C=O) groups is 2. The maximum Gasteiger partial charge on any atom is 0.321 e. The Labute approximate surface area is 156 Å². The minimum atomic E-state index is -0.165. The average Bonchev–Trinajstić information content (AvgIpc) is 2.68. The Morgan fingerprint density at radius 3 is 2.42 bits per heavy atom. The van der Waals surface area contributed by atoms with Gasteiger partial charge in [0, 0.05) is 38.1 Å². The number of hydrogen-bond acceptors (Lipinski definition) is 4. The van der Waals surface area contributed by atoms with Gasteiger partial charge < -0.3 is 19.9 Å². The van der Waals surface area contributed by atoms with E-state index in [9.17, 15) is 9.59 Å². The molecule has 136 valence electrons. The average molecular weight is 375 g/mol. The largest absolute Gasteiger partial charge is 0.481 e. The highest BCUT2D eigenvalue weighted by Gasteiger charge is 2.24. The minimum Gasteiger partial charge on any atom is -0.481 e.